The third kappa shape index (κ3) is 3.71. The Morgan fingerprint density at radius 1 is 1.28 bits per heavy atom. The molecular formula is C24H24N4O3S. The predicted octanol–water partition coefficient (Wildman–Crippen LogP) is 4.20. The van der Waals surface area contributed by atoms with Gasteiger partial charge in [0.1, 0.15) is 11.4 Å². The number of thiophene rings is 1. The second-order valence-corrected chi connectivity index (χ2v) is 8.97. The van der Waals surface area contributed by atoms with E-state index in [1.165, 1.54) is 4.70 Å². The quantitative estimate of drug-likeness (QED) is 0.415. The smallest absolute Gasteiger partial charge is 0.255 e. The molecule has 0 spiro atoms. The molecule has 5 rings (SSSR count). The summed E-state index contributed by atoms with van der Waals surface area (Å²) in [5.41, 5.74) is 2.07. The number of ether oxygens (including phenoxy) is 1. The fraction of sp³-hybridized carbons (Fsp3) is 0.292. The Balaban J connectivity index is 1.39. The Bertz CT molecular complexity index is 1280. The number of hydrogen-bond donors (Lipinski definition) is 2. The number of nitrogens with one attached hydrogen (secondary N) is 2. The molecule has 7 nitrogen and oxygen atoms in total. The van der Waals surface area contributed by atoms with Gasteiger partial charge in [0.15, 0.2) is 0 Å². The SMILES string of the molecule is COc1c(C(=O)NCCCN2CCCC2=O)ccc2[nH]nc(-c3cc4ccccc4s3)c12. The highest BCUT2D eigenvalue weighted by Gasteiger charge is 2.22. The van der Waals surface area contributed by atoms with E-state index >= 15 is 0 Å². The van der Waals surface area contributed by atoms with Crippen molar-refractivity contribution in [3.05, 3.63) is 48.0 Å². The minimum absolute atomic E-state index is 0.194. The molecule has 4 aromatic rings. The molecule has 32 heavy (non-hydrogen) atoms. The average Bonchev–Trinajstić information content (AvgIpc) is 3.53. The molecule has 2 aromatic carbocycles. The van der Waals surface area contributed by atoms with Crippen LogP contribution in [0.4, 0.5) is 0 Å². The highest BCUT2D eigenvalue weighted by atomic mass is 32.1. The van der Waals surface area contributed by atoms with E-state index in [4.69, 9.17) is 4.74 Å². The molecule has 3 heterocycles. The molecule has 1 fully saturated rings. The maximum Gasteiger partial charge on any atom is 0.255 e. The van der Waals surface area contributed by atoms with Gasteiger partial charge in [0, 0.05) is 30.8 Å². The monoisotopic (exact) mass is 448 g/mol. The number of carbonyl (C=O) groups is 2. The molecule has 2 aromatic heterocycles. The second kappa shape index (κ2) is 8.63. The molecule has 1 aliphatic rings. The number of benzene rings is 2. The number of aromatic nitrogens is 2. The molecule has 2 amide bonds. The van der Waals surface area contributed by atoms with Crippen molar-refractivity contribution in [3.8, 4) is 16.3 Å². The Kier molecular flexibility index (Phi) is 5.53. The van der Waals surface area contributed by atoms with Gasteiger partial charge in [-0.25, -0.2) is 0 Å². The van der Waals surface area contributed by atoms with Gasteiger partial charge in [-0.05, 0) is 42.5 Å². The lowest BCUT2D eigenvalue weighted by Gasteiger charge is -2.15. The number of likely N-dealkylation sites (tertiary alicyclic amines) is 1. The Morgan fingerprint density at radius 2 is 2.16 bits per heavy atom. The normalized spacial score (nSPS) is 13.9. The first kappa shape index (κ1) is 20.5. The summed E-state index contributed by atoms with van der Waals surface area (Å²) in [5, 5.41) is 12.5. The number of fused-ring (bicyclic) bond motifs is 2. The number of amides is 2. The average molecular weight is 449 g/mol. The molecule has 1 aliphatic heterocycles. The van der Waals surface area contributed by atoms with Gasteiger partial charge < -0.3 is 15.0 Å². The number of rotatable bonds is 7. The number of carbonyl (C=O) groups excluding carboxylic acids is 2. The third-order valence-corrected chi connectivity index (χ3v) is 6.97. The zero-order valence-corrected chi connectivity index (χ0v) is 18.6. The minimum Gasteiger partial charge on any atom is -0.495 e. The van der Waals surface area contributed by atoms with Crippen LogP contribution in [0.2, 0.25) is 0 Å². The first-order valence-corrected chi connectivity index (χ1v) is 11.6. The molecular weight excluding hydrogens is 424 g/mol. The van der Waals surface area contributed by atoms with Crippen molar-refractivity contribution in [1.82, 2.24) is 20.4 Å². The minimum atomic E-state index is -0.194. The van der Waals surface area contributed by atoms with Crippen LogP contribution >= 0.6 is 11.3 Å². The molecule has 0 radical (unpaired) electrons. The van der Waals surface area contributed by atoms with Crippen LogP contribution in [-0.2, 0) is 4.79 Å². The molecule has 0 saturated carbocycles. The zero-order valence-electron chi connectivity index (χ0n) is 17.8. The highest BCUT2D eigenvalue weighted by Crippen LogP contribution is 2.40. The molecule has 8 heteroatoms. The van der Waals surface area contributed by atoms with E-state index in [1.807, 2.05) is 23.1 Å². The standard InChI is InChI=1S/C24H24N4O3S/c1-31-23-16(24(30)25-11-5-13-28-12-4-8-20(28)29)9-10-17-21(23)22(27-26-17)19-14-15-6-2-3-7-18(15)32-19/h2-3,6-7,9-10,14H,4-5,8,11-13H2,1H3,(H,25,30)(H,26,27). The van der Waals surface area contributed by atoms with Crippen LogP contribution in [0, 0.1) is 0 Å². The summed E-state index contributed by atoms with van der Waals surface area (Å²) >= 11 is 1.66. The Labute approximate surface area is 189 Å². The lowest BCUT2D eigenvalue weighted by atomic mass is 10.1. The van der Waals surface area contributed by atoms with E-state index in [0.29, 0.717) is 30.8 Å². The topological polar surface area (TPSA) is 87.3 Å². The van der Waals surface area contributed by atoms with E-state index in [9.17, 15) is 9.59 Å². The molecule has 0 atom stereocenters. The van der Waals surface area contributed by atoms with Gasteiger partial charge in [0.05, 0.1) is 28.5 Å². The van der Waals surface area contributed by atoms with E-state index in [0.717, 1.165) is 46.2 Å². The maximum atomic E-state index is 12.9. The molecule has 2 N–H and O–H groups in total. The van der Waals surface area contributed by atoms with Crippen LogP contribution in [0.1, 0.15) is 29.6 Å². The molecule has 1 saturated heterocycles. The molecule has 164 valence electrons. The van der Waals surface area contributed by atoms with Crippen LogP contribution in [0.5, 0.6) is 5.75 Å². The van der Waals surface area contributed by atoms with Crippen LogP contribution in [-0.4, -0.2) is 53.7 Å². The van der Waals surface area contributed by atoms with Crippen molar-refractivity contribution >= 4 is 44.1 Å². The summed E-state index contributed by atoms with van der Waals surface area (Å²) in [7, 11) is 1.58. The van der Waals surface area contributed by atoms with Crippen molar-refractivity contribution in [2.24, 2.45) is 0 Å². The largest absolute Gasteiger partial charge is 0.495 e. The Morgan fingerprint density at radius 3 is 2.94 bits per heavy atom. The number of nitrogens with zero attached hydrogens (tertiary/aromatic N) is 2. The van der Waals surface area contributed by atoms with E-state index in [-0.39, 0.29) is 11.8 Å². The van der Waals surface area contributed by atoms with Crippen LogP contribution < -0.4 is 10.1 Å². The summed E-state index contributed by atoms with van der Waals surface area (Å²) in [4.78, 5) is 27.5. The van der Waals surface area contributed by atoms with Gasteiger partial charge in [-0.1, -0.05) is 18.2 Å². The summed E-state index contributed by atoms with van der Waals surface area (Å²) in [6, 6.07) is 13.9. The van der Waals surface area contributed by atoms with Crippen molar-refractivity contribution < 1.29 is 14.3 Å². The summed E-state index contributed by atoms with van der Waals surface area (Å²) in [6.07, 6.45) is 2.28. The van der Waals surface area contributed by atoms with E-state index in [2.05, 4.69) is 33.7 Å². The first-order chi connectivity index (χ1) is 15.7. The first-order valence-electron chi connectivity index (χ1n) is 10.8. The predicted molar refractivity (Wildman–Crippen MR) is 126 cm³/mol. The summed E-state index contributed by atoms with van der Waals surface area (Å²) in [5.74, 6) is 0.521. The highest BCUT2D eigenvalue weighted by molar-refractivity contribution is 7.22. The van der Waals surface area contributed by atoms with E-state index in [1.54, 1.807) is 24.5 Å². The van der Waals surface area contributed by atoms with Gasteiger partial charge >= 0.3 is 0 Å². The van der Waals surface area contributed by atoms with Gasteiger partial charge in [0.25, 0.3) is 5.91 Å². The fourth-order valence-corrected chi connectivity index (χ4v) is 5.32. The van der Waals surface area contributed by atoms with Crippen molar-refractivity contribution in [3.63, 3.8) is 0 Å². The molecule has 0 aliphatic carbocycles. The number of hydrogen-bond acceptors (Lipinski definition) is 5. The van der Waals surface area contributed by atoms with Gasteiger partial charge in [0.2, 0.25) is 5.91 Å². The van der Waals surface area contributed by atoms with Crippen LogP contribution in [0.3, 0.4) is 0 Å². The number of H-pyrrole nitrogens is 1. The lowest BCUT2D eigenvalue weighted by Crippen LogP contribution is -2.30. The van der Waals surface area contributed by atoms with Crippen molar-refractivity contribution in [1.29, 1.82) is 0 Å². The lowest BCUT2D eigenvalue weighted by molar-refractivity contribution is -0.127. The molecule has 0 unspecified atom stereocenters. The van der Waals surface area contributed by atoms with Crippen molar-refractivity contribution in [2.75, 3.05) is 26.7 Å². The third-order valence-electron chi connectivity index (χ3n) is 5.85. The van der Waals surface area contributed by atoms with Gasteiger partial charge in [-0.15, -0.1) is 11.3 Å². The summed E-state index contributed by atoms with van der Waals surface area (Å²) in [6.45, 7) is 1.99. The van der Waals surface area contributed by atoms with Crippen molar-refractivity contribution in [2.45, 2.75) is 19.3 Å². The second-order valence-electron chi connectivity index (χ2n) is 7.88. The van der Waals surface area contributed by atoms with E-state index < -0.39 is 0 Å². The maximum absolute atomic E-state index is 12.9. The van der Waals surface area contributed by atoms with Gasteiger partial charge in [-0.2, -0.15) is 5.10 Å². The zero-order chi connectivity index (χ0) is 22.1. The molecule has 0 bridgehead atoms. The Hall–Kier alpha value is -3.39. The fourth-order valence-electron chi connectivity index (χ4n) is 4.26. The van der Waals surface area contributed by atoms with Crippen LogP contribution in [0.25, 0.3) is 31.6 Å². The number of aromatic amines is 1. The number of methoxy groups -OCH3 is 1. The van der Waals surface area contributed by atoms with Gasteiger partial charge in [-0.3, -0.25) is 14.7 Å². The van der Waals surface area contributed by atoms with Crippen LogP contribution in [0.15, 0.2) is 42.5 Å². The summed E-state index contributed by atoms with van der Waals surface area (Å²) < 4.78 is 6.89.